The maximum atomic E-state index is 5.95. The van der Waals surface area contributed by atoms with E-state index in [0.717, 1.165) is 29.3 Å². The zero-order valence-corrected chi connectivity index (χ0v) is 15.2. The van der Waals surface area contributed by atoms with Crippen LogP contribution in [0.4, 0.5) is 5.82 Å². The highest BCUT2D eigenvalue weighted by Crippen LogP contribution is 2.32. The summed E-state index contributed by atoms with van der Waals surface area (Å²) in [6.07, 6.45) is 2.55. The minimum Gasteiger partial charge on any atom is -0.496 e. The second-order valence-corrected chi connectivity index (χ2v) is 6.67. The van der Waals surface area contributed by atoms with Gasteiger partial charge in [0.25, 0.3) is 0 Å². The van der Waals surface area contributed by atoms with Crippen molar-refractivity contribution in [3.63, 3.8) is 0 Å². The fraction of sp³-hybridized carbons (Fsp3) is 0.450. The molecule has 25 heavy (non-hydrogen) atoms. The molecule has 1 saturated heterocycles. The number of nitrogen functional groups attached to an aromatic ring is 1. The summed E-state index contributed by atoms with van der Waals surface area (Å²) in [5.74, 6) is 2.04. The Kier molecular flexibility index (Phi) is 5.43. The summed E-state index contributed by atoms with van der Waals surface area (Å²) >= 11 is 0. The van der Waals surface area contributed by atoms with E-state index in [-0.39, 0.29) is 0 Å². The van der Waals surface area contributed by atoms with Gasteiger partial charge in [0.05, 0.1) is 12.8 Å². The van der Waals surface area contributed by atoms with Gasteiger partial charge in [-0.3, -0.25) is 4.90 Å². The molecule has 0 spiro atoms. The standard InChI is InChI=1S/C20H27N3O2/c1-14-7-8-15(2)23(14)11-12-25-16-9-10-17(19(13-16)24-3)18-5-4-6-20(21)22-18/h4-6,9-10,13-15H,7-8,11-12H2,1-3H3,(H2,21,22). The molecule has 1 aromatic heterocycles. The Balaban J connectivity index is 1.67. The van der Waals surface area contributed by atoms with Gasteiger partial charge in [-0.1, -0.05) is 6.07 Å². The van der Waals surface area contributed by atoms with Crippen LogP contribution < -0.4 is 15.2 Å². The van der Waals surface area contributed by atoms with E-state index in [9.17, 15) is 0 Å². The Hall–Kier alpha value is -2.27. The van der Waals surface area contributed by atoms with Crippen LogP contribution in [-0.4, -0.2) is 42.2 Å². The summed E-state index contributed by atoms with van der Waals surface area (Å²) in [5.41, 5.74) is 7.48. The molecule has 2 aromatic rings. The molecule has 1 aliphatic rings. The molecule has 5 nitrogen and oxygen atoms in total. The van der Waals surface area contributed by atoms with Gasteiger partial charge in [-0.15, -0.1) is 0 Å². The van der Waals surface area contributed by atoms with Crippen molar-refractivity contribution in [3.8, 4) is 22.8 Å². The third-order valence-electron chi connectivity index (χ3n) is 4.97. The molecule has 0 saturated carbocycles. The van der Waals surface area contributed by atoms with E-state index in [4.69, 9.17) is 15.2 Å². The van der Waals surface area contributed by atoms with E-state index in [1.54, 1.807) is 13.2 Å². The smallest absolute Gasteiger partial charge is 0.131 e. The minimum atomic E-state index is 0.494. The van der Waals surface area contributed by atoms with Crippen molar-refractivity contribution in [3.05, 3.63) is 36.4 Å². The molecule has 0 radical (unpaired) electrons. The Morgan fingerprint density at radius 2 is 1.92 bits per heavy atom. The predicted molar refractivity (Wildman–Crippen MR) is 101 cm³/mol. The van der Waals surface area contributed by atoms with Gasteiger partial charge in [-0.2, -0.15) is 0 Å². The number of hydrogen-bond donors (Lipinski definition) is 1. The Morgan fingerprint density at radius 1 is 1.16 bits per heavy atom. The highest BCUT2D eigenvalue weighted by molar-refractivity contribution is 5.69. The average Bonchev–Trinajstić information content (AvgIpc) is 2.93. The van der Waals surface area contributed by atoms with E-state index in [0.29, 0.717) is 24.5 Å². The van der Waals surface area contributed by atoms with Gasteiger partial charge in [-0.05, 0) is 51.0 Å². The fourth-order valence-corrected chi connectivity index (χ4v) is 3.53. The number of ether oxygens (including phenoxy) is 2. The molecule has 1 aliphatic heterocycles. The maximum absolute atomic E-state index is 5.95. The molecule has 0 aliphatic carbocycles. The number of rotatable bonds is 6. The largest absolute Gasteiger partial charge is 0.496 e. The third kappa shape index (κ3) is 4.04. The molecule has 2 N–H and O–H groups in total. The van der Waals surface area contributed by atoms with Crippen LogP contribution in [-0.2, 0) is 0 Å². The fourth-order valence-electron chi connectivity index (χ4n) is 3.53. The van der Waals surface area contributed by atoms with Crippen molar-refractivity contribution in [1.29, 1.82) is 0 Å². The molecular formula is C20H27N3O2. The van der Waals surface area contributed by atoms with E-state index >= 15 is 0 Å². The maximum Gasteiger partial charge on any atom is 0.131 e. The summed E-state index contributed by atoms with van der Waals surface area (Å²) < 4.78 is 11.5. The number of nitrogens with zero attached hydrogens (tertiary/aromatic N) is 2. The average molecular weight is 341 g/mol. The van der Waals surface area contributed by atoms with Gasteiger partial charge >= 0.3 is 0 Å². The lowest BCUT2D eigenvalue weighted by molar-refractivity contribution is 0.170. The van der Waals surface area contributed by atoms with Gasteiger partial charge in [0.1, 0.15) is 23.9 Å². The molecule has 1 aromatic carbocycles. The Labute approximate surface area is 149 Å². The number of pyridine rings is 1. The normalized spacial score (nSPS) is 20.6. The Morgan fingerprint density at radius 3 is 2.60 bits per heavy atom. The summed E-state index contributed by atoms with van der Waals surface area (Å²) in [6, 6.07) is 12.7. The highest BCUT2D eigenvalue weighted by atomic mass is 16.5. The first-order valence-electron chi connectivity index (χ1n) is 8.88. The lowest BCUT2D eigenvalue weighted by Gasteiger charge is -2.25. The van der Waals surface area contributed by atoms with E-state index in [1.165, 1.54) is 12.8 Å². The predicted octanol–water partition coefficient (Wildman–Crippen LogP) is 3.59. The SMILES string of the molecule is COc1cc(OCCN2C(C)CCC2C)ccc1-c1cccc(N)n1. The minimum absolute atomic E-state index is 0.494. The lowest BCUT2D eigenvalue weighted by atomic mass is 10.1. The zero-order valence-electron chi connectivity index (χ0n) is 15.2. The topological polar surface area (TPSA) is 60.6 Å². The van der Waals surface area contributed by atoms with Crippen molar-refractivity contribution in [2.24, 2.45) is 0 Å². The number of aromatic nitrogens is 1. The number of anilines is 1. The van der Waals surface area contributed by atoms with Crippen LogP contribution in [0.1, 0.15) is 26.7 Å². The summed E-state index contributed by atoms with van der Waals surface area (Å²) in [7, 11) is 1.66. The first-order chi connectivity index (χ1) is 12.1. The van der Waals surface area contributed by atoms with Crippen LogP contribution in [0.5, 0.6) is 11.5 Å². The van der Waals surface area contributed by atoms with Gasteiger partial charge in [0.15, 0.2) is 0 Å². The molecular weight excluding hydrogens is 314 g/mol. The molecule has 134 valence electrons. The number of nitrogens with two attached hydrogens (primary N) is 1. The quantitative estimate of drug-likeness (QED) is 0.870. The summed E-state index contributed by atoms with van der Waals surface area (Å²) in [5, 5.41) is 0. The van der Waals surface area contributed by atoms with Crippen molar-refractivity contribution in [2.45, 2.75) is 38.8 Å². The molecule has 2 atom stereocenters. The van der Waals surface area contributed by atoms with Gasteiger partial charge in [0, 0.05) is 30.3 Å². The molecule has 2 heterocycles. The number of methoxy groups -OCH3 is 1. The number of benzene rings is 1. The molecule has 2 unspecified atom stereocenters. The van der Waals surface area contributed by atoms with Crippen LogP contribution >= 0.6 is 0 Å². The van der Waals surface area contributed by atoms with Crippen molar-refractivity contribution >= 4 is 5.82 Å². The molecule has 3 rings (SSSR count). The van der Waals surface area contributed by atoms with Crippen LogP contribution in [0.15, 0.2) is 36.4 Å². The molecule has 0 bridgehead atoms. The molecule has 0 amide bonds. The van der Waals surface area contributed by atoms with Gasteiger partial charge < -0.3 is 15.2 Å². The van der Waals surface area contributed by atoms with E-state index in [2.05, 4.69) is 23.7 Å². The van der Waals surface area contributed by atoms with Crippen molar-refractivity contribution in [2.75, 3.05) is 26.0 Å². The van der Waals surface area contributed by atoms with Crippen LogP contribution in [0.3, 0.4) is 0 Å². The second kappa shape index (κ2) is 7.74. The lowest BCUT2D eigenvalue weighted by Crippen LogP contribution is -2.36. The van der Waals surface area contributed by atoms with Crippen molar-refractivity contribution in [1.82, 2.24) is 9.88 Å². The van der Waals surface area contributed by atoms with Crippen LogP contribution in [0, 0.1) is 0 Å². The van der Waals surface area contributed by atoms with Crippen molar-refractivity contribution < 1.29 is 9.47 Å². The Bertz CT molecular complexity index is 710. The van der Waals surface area contributed by atoms with Gasteiger partial charge in [-0.25, -0.2) is 4.98 Å². The summed E-state index contributed by atoms with van der Waals surface area (Å²) in [4.78, 5) is 6.88. The highest BCUT2D eigenvalue weighted by Gasteiger charge is 2.26. The third-order valence-corrected chi connectivity index (χ3v) is 4.97. The van der Waals surface area contributed by atoms with E-state index < -0.39 is 0 Å². The first kappa shape index (κ1) is 17.5. The number of likely N-dealkylation sites (tertiary alicyclic amines) is 1. The molecule has 5 heteroatoms. The van der Waals surface area contributed by atoms with Gasteiger partial charge in [0.2, 0.25) is 0 Å². The molecule has 1 fully saturated rings. The first-order valence-corrected chi connectivity index (χ1v) is 8.88. The summed E-state index contributed by atoms with van der Waals surface area (Å²) in [6.45, 7) is 6.21. The van der Waals surface area contributed by atoms with Crippen LogP contribution in [0.2, 0.25) is 0 Å². The van der Waals surface area contributed by atoms with Crippen LogP contribution in [0.25, 0.3) is 11.3 Å². The van der Waals surface area contributed by atoms with E-state index in [1.807, 2.05) is 30.3 Å². The zero-order chi connectivity index (χ0) is 17.8. The second-order valence-electron chi connectivity index (χ2n) is 6.67. The monoisotopic (exact) mass is 341 g/mol. The number of hydrogen-bond acceptors (Lipinski definition) is 5.